The van der Waals surface area contributed by atoms with Gasteiger partial charge >= 0.3 is 0 Å². The zero-order valence-corrected chi connectivity index (χ0v) is 14.6. The van der Waals surface area contributed by atoms with E-state index in [1.165, 1.54) is 31.6 Å². The van der Waals surface area contributed by atoms with Crippen molar-refractivity contribution in [3.8, 4) is 5.69 Å². The molecule has 0 N–H and O–H groups in total. The van der Waals surface area contributed by atoms with Crippen molar-refractivity contribution in [2.45, 2.75) is 17.9 Å². The minimum atomic E-state index is -3.94. The van der Waals surface area contributed by atoms with Crippen LogP contribution in [0, 0.1) is 5.82 Å². The maximum atomic E-state index is 13.9. The molecule has 0 fully saturated rings. The summed E-state index contributed by atoms with van der Waals surface area (Å²) in [5.74, 6) is -0.761. The average molecular weight is 360 g/mol. The predicted octanol–water partition coefficient (Wildman–Crippen LogP) is 2.79. The molecule has 0 amide bonds. The summed E-state index contributed by atoms with van der Waals surface area (Å²) in [7, 11) is -2.50. The van der Waals surface area contributed by atoms with Crippen LogP contribution in [0.2, 0.25) is 0 Å². The van der Waals surface area contributed by atoms with Crippen molar-refractivity contribution >= 4 is 10.0 Å². The average Bonchev–Trinajstić information content (AvgIpc) is 3.15. The fourth-order valence-corrected chi connectivity index (χ4v) is 3.89. The third kappa shape index (κ3) is 3.31. The Morgan fingerprint density at radius 1 is 1.12 bits per heavy atom. The molecule has 0 aliphatic carbocycles. The molecular formula is C17H17FN4O2S. The molecule has 8 heteroatoms. The second-order valence-corrected chi connectivity index (χ2v) is 7.53. The summed E-state index contributed by atoms with van der Waals surface area (Å²) >= 11 is 0. The maximum Gasteiger partial charge on any atom is 0.246 e. The molecule has 2 aromatic carbocycles. The van der Waals surface area contributed by atoms with E-state index in [9.17, 15) is 12.8 Å². The van der Waals surface area contributed by atoms with Gasteiger partial charge in [0, 0.05) is 13.1 Å². The van der Waals surface area contributed by atoms with Gasteiger partial charge in [0.25, 0.3) is 0 Å². The first-order chi connectivity index (χ1) is 11.9. The van der Waals surface area contributed by atoms with Gasteiger partial charge in [-0.1, -0.05) is 24.3 Å². The van der Waals surface area contributed by atoms with Crippen molar-refractivity contribution in [1.29, 1.82) is 0 Å². The number of benzene rings is 2. The van der Waals surface area contributed by atoms with E-state index in [0.29, 0.717) is 0 Å². The fraction of sp³-hybridized carbons (Fsp3) is 0.176. The molecule has 0 saturated carbocycles. The maximum absolute atomic E-state index is 13.9. The Hall–Kier alpha value is -2.58. The van der Waals surface area contributed by atoms with E-state index in [1.807, 2.05) is 24.3 Å². The van der Waals surface area contributed by atoms with E-state index in [-0.39, 0.29) is 4.90 Å². The minimum absolute atomic E-state index is 0.330. The molecule has 6 nitrogen and oxygen atoms in total. The van der Waals surface area contributed by atoms with Crippen molar-refractivity contribution in [3.63, 3.8) is 0 Å². The van der Waals surface area contributed by atoms with Crippen LogP contribution in [-0.2, 0) is 10.0 Å². The molecule has 0 aliphatic heterocycles. The minimum Gasteiger partial charge on any atom is -0.223 e. The van der Waals surface area contributed by atoms with Crippen LogP contribution in [0.5, 0.6) is 0 Å². The first-order valence-electron chi connectivity index (χ1n) is 7.59. The smallest absolute Gasteiger partial charge is 0.223 e. The fourth-order valence-electron chi connectivity index (χ4n) is 2.47. The summed E-state index contributed by atoms with van der Waals surface area (Å²) in [6.45, 7) is 1.75. The molecule has 25 heavy (non-hydrogen) atoms. The van der Waals surface area contributed by atoms with Crippen LogP contribution < -0.4 is 0 Å². The standard InChI is InChI=1S/C17H17FN4O2S/c1-13(14-7-9-15(10-8-14)22-12-19-11-20-22)21(2)25(23,24)17-6-4-3-5-16(17)18/h3-13H,1-2H3/t13-/m1/s1. The molecule has 0 bridgehead atoms. The number of sulfonamides is 1. The third-order valence-corrected chi connectivity index (χ3v) is 6.06. The summed E-state index contributed by atoms with van der Waals surface area (Å²) in [6, 6.07) is 12.2. The van der Waals surface area contributed by atoms with E-state index in [1.54, 1.807) is 17.9 Å². The second-order valence-electron chi connectivity index (χ2n) is 5.56. The number of nitrogens with zero attached hydrogens (tertiary/aromatic N) is 4. The van der Waals surface area contributed by atoms with E-state index >= 15 is 0 Å². The molecule has 3 aromatic rings. The lowest BCUT2D eigenvalue weighted by Gasteiger charge is -2.25. The molecule has 0 aliphatic rings. The lowest BCUT2D eigenvalue weighted by atomic mass is 10.1. The van der Waals surface area contributed by atoms with Crippen LogP contribution in [0.3, 0.4) is 0 Å². The largest absolute Gasteiger partial charge is 0.246 e. The first kappa shape index (κ1) is 17.2. The van der Waals surface area contributed by atoms with Crippen molar-refractivity contribution < 1.29 is 12.8 Å². The summed E-state index contributed by atoms with van der Waals surface area (Å²) < 4.78 is 42.0. The molecule has 1 aromatic heterocycles. The molecule has 0 unspecified atom stereocenters. The van der Waals surface area contributed by atoms with Gasteiger partial charge in [-0.3, -0.25) is 0 Å². The van der Waals surface area contributed by atoms with Crippen LogP contribution >= 0.6 is 0 Å². The molecular weight excluding hydrogens is 343 g/mol. The van der Waals surface area contributed by atoms with Gasteiger partial charge in [0.1, 0.15) is 23.4 Å². The highest BCUT2D eigenvalue weighted by atomic mass is 32.2. The van der Waals surface area contributed by atoms with E-state index in [2.05, 4.69) is 10.1 Å². The van der Waals surface area contributed by atoms with Crippen LogP contribution in [0.1, 0.15) is 18.5 Å². The second kappa shape index (κ2) is 6.73. The highest BCUT2D eigenvalue weighted by Gasteiger charge is 2.28. The quantitative estimate of drug-likeness (QED) is 0.702. The Bertz CT molecular complexity index is 957. The summed E-state index contributed by atoms with van der Waals surface area (Å²) in [4.78, 5) is 3.56. The molecule has 0 radical (unpaired) electrons. The number of aromatic nitrogens is 3. The molecule has 1 heterocycles. The Morgan fingerprint density at radius 2 is 1.80 bits per heavy atom. The summed E-state index contributed by atoms with van der Waals surface area (Å²) in [6.07, 6.45) is 3.01. The van der Waals surface area contributed by atoms with Crippen LogP contribution in [0.15, 0.2) is 66.1 Å². The van der Waals surface area contributed by atoms with Crippen molar-refractivity contribution in [1.82, 2.24) is 19.1 Å². The van der Waals surface area contributed by atoms with Crippen LogP contribution in [0.25, 0.3) is 5.69 Å². The lowest BCUT2D eigenvalue weighted by molar-refractivity contribution is 0.395. The highest BCUT2D eigenvalue weighted by Crippen LogP contribution is 2.27. The van der Waals surface area contributed by atoms with E-state index in [4.69, 9.17) is 0 Å². The number of halogens is 1. The summed E-state index contributed by atoms with van der Waals surface area (Å²) in [5.41, 5.74) is 1.60. The van der Waals surface area contributed by atoms with Crippen LogP contribution in [0.4, 0.5) is 4.39 Å². The van der Waals surface area contributed by atoms with Crippen molar-refractivity contribution in [3.05, 3.63) is 72.6 Å². The Morgan fingerprint density at radius 3 is 2.40 bits per heavy atom. The molecule has 0 saturated heterocycles. The zero-order valence-electron chi connectivity index (χ0n) is 13.7. The number of hydrogen-bond acceptors (Lipinski definition) is 4. The summed E-state index contributed by atoms with van der Waals surface area (Å²) in [5, 5.41) is 4.04. The lowest BCUT2D eigenvalue weighted by Crippen LogP contribution is -2.30. The monoisotopic (exact) mass is 360 g/mol. The Kier molecular flexibility index (Phi) is 4.65. The van der Waals surface area contributed by atoms with Gasteiger partial charge in [0.2, 0.25) is 10.0 Å². The SMILES string of the molecule is C[C@H](c1ccc(-n2cncn2)cc1)N(C)S(=O)(=O)c1ccccc1F. The van der Waals surface area contributed by atoms with Gasteiger partial charge in [-0.15, -0.1) is 0 Å². The van der Waals surface area contributed by atoms with Crippen molar-refractivity contribution in [2.24, 2.45) is 0 Å². The van der Waals surface area contributed by atoms with Gasteiger partial charge in [0.05, 0.1) is 5.69 Å². The number of rotatable bonds is 5. The first-order valence-corrected chi connectivity index (χ1v) is 9.03. The molecule has 130 valence electrons. The Balaban J connectivity index is 1.87. The highest BCUT2D eigenvalue weighted by molar-refractivity contribution is 7.89. The number of hydrogen-bond donors (Lipinski definition) is 0. The molecule has 0 spiro atoms. The normalized spacial score (nSPS) is 13.1. The molecule has 3 rings (SSSR count). The Labute approximate surface area is 145 Å². The van der Waals surface area contributed by atoms with Gasteiger partial charge in [0.15, 0.2) is 0 Å². The van der Waals surface area contributed by atoms with Gasteiger partial charge in [-0.05, 0) is 36.8 Å². The van der Waals surface area contributed by atoms with E-state index < -0.39 is 21.9 Å². The molecule has 1 atom stereocenters. The third-order valence-electron chi connectivity index (χ3n) is 4.10. The van der Waals surface area contributed by atoms with Gasteiger partial charge in [-0.2, -0.15) is 9.40 Å². The van der Waals surface area contributed by atoms with Crippen LogP contribution in [-0.4, -0.2) is 34.5 Å². The van der Waals surface area contributed by atoms with Gasteiger partial charge < -0.3 is 0 Å². The predicted molar refractivity (Wildman–Crippen MR) is 91.1 cm³/mol. The van der Waals surface area contributed by atoms with Gasteiger partial charge in [-0.25, -0.2) is 22.5 Å². The van der Waals surface area contributed by atoms with E-state index in [0.717, 1.165) is 21.6 Å². The zero-order chi connectivity index (χ0) is 18.0. The van der Waals surface area contributed by atoms with Crippen molar-refractivity contribution in [2.75, 3.05) is 7.05 Å². The topological polar surface area (TPSA) is 68.1 Å².